The van der Waals surface area contributed by atoms with Gasteiger partial charge in [-0.15, -0.1) is 0 Å². The van der Waals surface area contributed by atoms with E-state index in [4.69, 9.17) is 0 Å². The maximum atomic E-state index is 9.75. The minimum atomic E-state index is -0.318. The van der Waals surface area contributed by atoms with Crippen LogP contribution in [0.25, 0.3) is 11.5 Å². The molecule has 0 radical (unpaired) electrons. The summed E-state index contributed by atoms with van der Waals surface area (Å²) in [6.45, 7) is 0. The van der Waals surface area contributed by atoms with Crippen molar-refractivity contribution in [2.24, 2.45) is 0 Å². The highest BCUT2D eigenvalue weighted by Crippen LogP contribution is 2.18. The minimum Gasteiger partial charge on any atom is -0.503 e. The molecule has 0 spiro atoms. The molecule has 2 rings (SSSR count). The average Bonchev–Trinajstić information content (AvgIpc) is 2.39. The summed E-state index contributed by atoms with van der Waals surface area (Å²) in [5.74, 6) is -0.625. The number of aliphatic hydroxyl groups is 2. The monoisotopic (exact) mass is 215 g/mol. The highest BCUT2D eigenvalue weighted by atomic mass is 16.3. The second kappa shape index (κ2) is 4.39. The van der Waals surface area contributed by atoms with Gasteiger partial charge in [0.05, 0.1) is 0 Å². The fourth-order valence-electron chi connectivity index (χ4n) is 1.18. The fourth-order valence-corrected chi connectivity index (χ4v) is 1.18. The van der Waals surface area contributed by atoms with Crippen LogP contribution in [0.1, 0.15) is 11.4 Å². The molecular weight excluding hydrogens is 206 g/mol. The van der Waals surface area contributed by atoms with Gasteiger partial charge >= 0.3 is 0 Å². The van der Waals surface area contributed by atoms with Crippen molar-refractivity contribution < 1.29 is 10.2 Å². The van der Waals surface area contributed by atoms with Crippen molar-refractivity contribution in [3.8, 4) is 0 Å². The number of pyridine rings is 1. The molecule has 2 N–H and O–H groups in total. The summed E-state index contributed by atoms with van der Waals surface area (Å²) in [6.07, 6.45) is 4.29. The van der Waals surface area contributed by atoms with Crippen LogP contribution in [-0.4, -0.2) is 25.2 Å². The van der Waals surface area contributed by atoms with Gasteiger partial charge in [-0.1, -0.05) is 6.07 Å². The first-order valence-corrected chi connectivity index (χ1v) is 4.59. The third kappa shape index (κ3) is 1.98. The third-order valence-corrected chi connectivity index (χ3v) is 1.96. The van der Waals surface area contributed by atoms with Crippen molar-refractivity contribution in [3.63, 3.8) is 0 Å². The van der Waals surface area contributed by atoms with Crippen LogP contribution in [0.4, 0.5) is 0 Å². The standard InChI is InChI=1S/C11H9N3O2/c15-10(8-3-1-2-5-13-8)11(16)9-4-6-12-7-14-9/h1-7,15-16H/b11-10+. The Morgan fingerprint density at radius 2 is 1.62 bits per heavy atom. The lowest BCUT2D eigenvalue weighted by molar-refractivity contribution is 0.455. The number of rotatable bonds is 2. The van der Waals surface area contributed by atoms with Crippen LogP contribution in [0.5, 0.6) is 0 Å². The van der Waals surface area contributed by atoms with E-state index in [1.54, 1.807) is 18.2 Å². The summed E-state index contributed by atoms with van der Waals surface area (Å²) in [5, 5.41) is 19.5. The molecule has 16 heavy (non-hydrogen) atoms. The second-order valence-corrected chi connectivity index (χ2v) is 3.01. The second-order valence-electron chi connectivity index (χ2n) is 3.01. The van der Waals surface area contributed by atoms with Crippen molar-refractivity contribution in [3.05, 3.63) is 54.4 Å². The molecule has 2 aromatic rings. The van der Waals surface area contributed by atoms with Crippen LogP contribution < -0.4 is 0 Å². The largest absolute Gasteiger partial charge is 0.503 e. The number of aromatic nitrogens is 3. The molecule has 0 aliphatic rings. The number of nitrogens with zero attached hydrogens (tertiary/aromatic N) is 3. The van der Waals surface area contributed by atoms with Crippen LogP contribution in [0.3, 0.4) is 0 Å². The zero-order chi connectivity index (χ0) is 11.4. The molecule has 0 fully saturated rings. The SMILES string of the molecule is O/C(=C(/O)c1ccncn1)c1ccccn1. The molecule has 0 aliphatic carbocycles. The summed E-state index contributed by atoms with van der Waals surface area (Å²) in [7, 11) is 0. The number of hydrogen-bond acceptors (Lipinski definition) is 5. The van der Waals surface area contributed by atoms with E-state index in [1.165, 1.54) is 24.8 Å². The molecule has 0 bridgehead atoms. The molecule has 0 saturated heterocycles. The first kappa shape index (κ1) is 10.1. The first-order chi connectivity index (χ1) is 7.79. The Hall–Kier alpha value is -2.43. The third-order valence-electron chi connectivity index (χ3n) is 1.96. The lowest BCUT2D eigenvalue weighted by atomic mass is 10.2. The van der Waals surface area contributed by atoms with E-state index in [1.807, 2.05) is 0 Å². The molecule has 5 nitrogen and oxygen atoms in total. The molecule has 0 unspecified atom stereocenters. The summed E-state index contributed by atoms with van der Waals surface area (Å²) >= 11 is 0. The Labute approximate surface area is 91.8 Å². The predicted molar refractivity (Wildman–Crippen MR) is 58.3 cm³/mol. The normalized spacial score (nSPS) is 12.0. The van der Waals surface area contributed by atoms with Gasteiger partial charge in [-0.05, 0) is 18.2 Å². The molecule has 80 valence electrons. The van der Waals surface area contributed by atoms with Gasteiger partial charge in [-0.25, -0.2) is 9.97 Å². The highest BCUT2D eigenvalue weighted by molar-refractivity contribution is 5.79. The van der Waals surface area contributed by atoms with Crippen molar-refractivity contribution in [1.29, 1.82) is 0 Å². The van der Waals surface area contributed by atoms with Gasteiger partial charge in [0.25, 0.3) is 0 Å². The molecule has 2 heterocycles. The van der Waals surface area contributed by atoms with Gasteiger partial charge in [0.2, 0.25) is 0 Å². The average molecular weight is 215 g/mol. The van der Waals surface area contributed by atoms with E-state index < -0.39 is 0 Å². The van der Waals surface area contributed by atoms with E-state index in [2.05, 4.69) is 15.0 Å². The molecular formula is C11H9N3O2. The molecule has 0 aromatic carbocycles. The Kier molecular flexibility index (Phi) is 2.77. The highest BCUT2D eigenvalue weighted by Gasteiger charge is 2.10. The Morgan fingerprint density at radius 1 is 0.875 bits per heavy atom. The van der Waals surface area contributed by atoms with E-state index in [0.29, 0.717) is 5.69 Å². The van der Waals surface area contributed by atoms with Crippen LogP contribution in [-0.2, 0) is 0 Å². The van der Waals surface area contributed by atoms with Gasteiger partial charge in [0.15, 0.2) is 11.5 Å². The summed E-state index contributed by atoms with van der Waals surface area (Å²) in [4.78, 5) is 11.5. The molecule has 5 heteroatoms. The van der Waals surface area contributed by atoms with Crippen LogP contribution in [0, 0.1) is 0 Å². The van der Waals surface area contributed by atoms with Crippen molar-refractivity contribution in [2.45, 2.75) is 0 Å². The summed E-state index contributed by atoms with van der Waals surface area (Å²) in [6, 6.07) is 6.52. The Morgan fingerprint density at radius 3 is 2.19 bits per heavy atom. The minimum absolute atomic E-state index is 0.248. The summed E-state index contributed by atoms with van der Waals surface area (Å²) in [5.41, 5.74) is 0.539. The molecule has 0 aliphatic heterocycles. The van der Waals surface area contributed by atoms with Gasteiger partial charge in [-0.3, -0.25) is 4.98 Å². The van der Waals surface area contributed by atoms with Crippen molar-refractivity contribution >= 4 is 11.5 Å². The maximum absolute atomic E-state index is 9.75. The fraction of sp³-hybridized carbons (Fsp3) is 0. The maximum Gasteiger partial charge on any atom is 0.186 e. The zero-order valence-corrected chi connectivity index (χ0v) is 8.28. The van der Waals surface area contributed by atoms with Gasteiger partial charge < -0.3 is 10.2 Å². The number of aliphatic hydroxyl groups excluding tert-OH is 2. The van der Waals surface area contributed by atoms with E-state index >= 15 is 0 Å². The Balaban J connectivity index is 2.43. The lowest BCUT2D eigenvalue weighted by Gasteiger charge is -2.03. The quantitative estimate of drug-likeness (QED) is 0.747. The molecule has 0 atom stereocenters. The predicted octanol–water partition coefficient (Wildman–Crippen LogP) is 1.81. The van der Waals surface area contributed by atoms with E-state index in [-0.39, 0.29) is 17.2 Å². The van der Waals surface area contributed by atoms with Gasteiger partial charge in [0, 0.05) is 12.4 Å². The smallest absolute Gasteiger partial charge is 0.186 e. The van der Waals surface area contributed by atoms with Crippen molar-refractivity contribution in [2.75, 3.05) is 0 Å². The Bertz CT molecular complexity index is 450. The summed E-state index contributed by atoms with van der Waals surface area (Å²) < 4.78 is 0. The first-order valence-electron chi connectivity index (χ1n) is 4.59. The van der Waals surface area contributed by atoms with Crippen LogP contribution in [0.2, 0.25) is 0 Å². The lowest BCUT2D eigenvalue weighted by Crippen LogP contribution is -1.95. The van der Waals surface area contributed by atoms with Crippen LogP contribution in [0.15, 0.2) is 43.0 Å². The molecule has 0 amide bonds. The van der Waals surface area contributed by atoms with E-state index in [0.717, 1.165) is 0 Å². The van der Waals surface area contributed by atoms with Crippen molar-refractivity contribution in [1.82, 2.24) is 15.0 Å². The van der Waals surface area contributed by atoms with Gasteiger partial charge in [0.1, 0.15) is 17.7 Å². The zero-order valence-electron chi connectivity index (χ0n) is 8.28. The van der Waals surface area contributed by atoms with Gasteiger partial charge in [-0.2, -0.15) is 0 Å². The molecule has 0 saturated carbocycles. The van der Waals surface area contributed by atoms with E-state index in [9.17, 15) is 10.2 Å². The molecule has 2 aromatic heterocycles. The number of hydrogen-bond donors (Lipinski definition) is 2. The van der Waals surface area contributed by atoms with Crippen LogP contribution >= 0.6 is 0 Å². The topological polar surface area (TPSA) is 79.1 Å².